The van der Waals surface area contributed by atoms with Gasteiger partial charge in [0, 0.05) is 12.1 Å². The van der Waals surface area contributed by atoms with Crippen LogP contribution in [0.4, 0.5) is 11.4 Å². The standard InChI is InChI=1S/C19H20N2O7/c1-4-27-15-8-5-13(6-9-15)19(23)28-12(2)18(22)20-16-11-14(21(24)25)7-10-17(16)26-3/h5-12H,4H2,1-3H3,(H,20,22)/t12-/m1/s1. The SMILES string of the molecule is CCOc1ccc(C(=O)O[C@H](C)C(=O)Nc2cc([N+](=O)[O-])ccc2OC)cc1. The number of ether oxygens (including phenoxy) is 3. The Labute approximate surface area is 161 Å². The summed E-state index contributed by atoms with van der Waals surface area (Å²) >= 11 is 0. The van der Waals surface area contributed by atoms with Gasteiger partial charge in [-0.2, -0.15) is 0 Å². The van der Waals surface area contributed by atoms with E-state index in [1.54, 1.807) is 12.1 Å². The molecule has 0 bridgehead atoms. The molecule has 2 rings (SSSR count). The maximum absolute atomic E-state index is 12.3. The van der Waals surface area contributed by atoms with Crippen LogP contribution in [0.5, 0.6) is 11.5 Å². The number of nitro benzene ring substituents is 1. The summed E-state index contributed by atoms with van der Waals surface area (Å²) < 4.78 is 15.5. The van der Waals surface area contributed by atoms with Crippen LogP contribution < -0.4 is 14.8 Å². The van der Waals surface area contributed by atoms with Crippen LogP contribution >= 0.6 is 0 Å². The number of nitrogens with zero attached hydrogens (tertiary/aromatic N) is 1. The van der Waals surface area contributed by atoms with Gasteiger partial charge in [0.1, 0.15) is 11.5 Å². The Bertz CT molecular complexity index is 865. The minimum atomic E-state index is -1.14. The first-order valence-electron chi connectivity index (χ1n) is 8.42. The lowest BCUT2D eigenvalue weighted by atomic mass is 10.2. The van der Waals surface area contributed by atoms with Crippen LogP contribution in [-0.4, -0.2) is 36.6 Å². The Morgan fingerprint density at radius 3 is 2.43 bits per heavy atom. The van der Waals surface area contributed by atoms with E-state index < -0.39 is 22.9 Å². The Hall–Kier alpha value is -3.62. The van der Waals surface area contributed by atoms with E-state index >= 15 is 0 Å². The highest BCUT2D eigenvalue weighted by Gasteiger charge is 2.21. The first-order chi connectivity index (χ1) is 13.3. The fourth-order valence-corrected chi connectivity index (χ4v) is 2.28. The Morgan fingerprint density at radius 2 is 1.86 bits per heavy atom. The van der Waals surface area contributed by atoms with Crippen LogP contribution in [-0.2, 0) is 9.53 Å². The molecule has 2 aromatic carbocycles. The first kappa shape index (κ1) is 20.7. The summed E-state index contributed by atoms with van der Waals surface area (Å²) in [5.41, 5.74) is 0.150. The number of anilines is 1. The number of benzene rings is 2. The third kappa shape index (κ3) is 5.19. The van der Waals surface area contributed by atoms with Gasteiger partial charge in [-0.25, -0.2) is 4.79 Å². The lowest BCUT2D eigenvalue weighted by molar-refractivity contribution is -0.384. The van der Waals surface area contributed by atoms with Crippen molar-refractivity contribution in [3.63, 3.8) is 0 Å². The van der Waals surface area contributed by atoms with Crippen LogP contribution in [0.3, 0.4) is 0 Å². The molecule has 1 N–H and O–H groups in total. The van der Waals surface area contributed by atoms with E-state index in [0.29, 0.717) is 12.4 Å². The van der Waals surface area contributed by atoms with Gasteiger partial charge in [-0.3, -0.25) is 14.9 Å². The smallest absolute Gasteiger partial charge is 0.338 e. The average molecular weight is 388 g/mol. The molecule has 0 radical (unpaired) electrons. The second-order valence-electron chi connectivity index (χ2n) is 5.64. The molecule has 0 aromatic heterocycles. The van der Waals surface area contributed by atoms with Crippen molar-refractivity contribution in [2.75, 3.05) is 19.0 Å². The predicted molar refractivity (Wildman–Crippen MR) is 101 cm³/mol. The maximum Gasteiger partial charge on any atom is 0.338 e. The van der Waals surface area contributed by atoms with Crippen LogP contribution in [0.2, 0.25) is 0 Å². The molecule has 0 aliphatic rings. The van der Waals surface area contributed by atoms with Crippen molar-refractivity contribution in [3.8, 4) is 11.5 Å². The van der Waals surface area contributed by atoms with Crippen LogP contribution in [0.15, 0.2) is 42.5 Å². The van der Waals surface area contributed by atoms with Gasteiger partial charge in [0.2, 0.25) is 0 Å². The quantitative estimate of drug-likeness (QED) is 0.419. The van der Waals surface area contributed by atoms with Crippen molar-refractivity contribution >= 4 is 23.3 Å². The van der Waals surface area contributed by atoms with Gasteiger partial charge in [-0.05, 0) is 44.2 Å². The predicted octanol–water partition coefficient (Wildman–Crippen LogP) is 3.19. The summed E-state index contributed by atoms with van der Waals surface area (Å²) in [7, 11) is 1.37. The molecular weight excluding hydrogens is 368 g/mol. The van der Waals surface area contributed by atoms with Crippen molar-refractivity contribution in [2.24, 2.45) is 0 Å². The van der Waals surface area contributed by atoms with E-state index in [9.17, 15) is 19.7 Å². The number of nitrogens with one attached hydrogen (secondary N) is 1. The lowest BCUT2D eigenvalue weighted by Crippen LogP contribution is -2.30. The zero-order valence-electron chi connectivity index (χ0n) is 15.6. The number of methoxy groups -OCH3 is 1. The summed E-state index contributed by atoms with van der Waals surface area (Å²) in [5, 5.41) is 13.4. The molecular formula is C19H20N2O7. The monoisotopic (exact) mass is 388 g/mol. The topological polar surface area (TPSA) is 117 Å². The van der Waals surface area contributed by atoms with E-state index in [-0.39, 0.29) is 22.7 Å². The molecule has 0 saturated heterocycles. The van der Waals surface area contributed by atoms with E-state index in [4.69, 9.17) is 14.2 Å². The summed E-state index contributed by atoms with van der Waals surface area (Å²) in [6.45, 7) is 3.74. The summed E-state index contributed by atoms with van der Waals surface area (Å²) in [6, 6.07) is 10.1. The number of nitro groups is 1. The minimum absolute atomic E-state index is 0.102. The molecule has 0 unspecified atom stereocenters. The van der Waals surface area contributed by atoms with Gasteiger partial charge in [-0.15, -0.1) is 0 Å². The third-order valence-electron chi connectivity index (χ3n) is 3.71. The molecule has 0 fully saturated rings. The number of hydrogen-bond acceptors (Lipinski definition) is 7. The number of rotatable bonds is 8. The molecule has 28 heavy (non-hydrogen) atoms. The molecule has 9 nitrogen and oxygen atoms in total. The average Bonchev–Trinajstić information content (AvgIpc) is 2.68. The molecule has 0 heterocycles. The van der Waals surface area contributed by atoms with Crippen molar-refractivity contribution < 1.29 is 28.7 Å². The number of amides is 1. The van der Waals surface area contributed by atoms with E-state index in [1.165, 1.54) is 38.3 Å². The van der Waals surface area contributed by atoms with Gasteiger partial charge in [-0.1, -0.05) is 0 Å². The fourth-order valence-electron chi connectivity index (χ4n) is 2.28. The summed E-state index contributed by atoms with van der Waals surface area (Å²) in [6.07, 6.45) is -1.14. The third-order valence-corrected chi connectivity index (χ3v) is 3.71. The van der Waals surface area contributed by atoms with E-state index in [2.05, 4.69) is 5.32 Å². The minimum Gasteiger partial charge on any atom is -0.495 e. The van der Waals surface area contributed by atoms with Gasteiger partial charge in [0.05, 0.1) is 29.9 Å². The van der Waals surface area contributed by atoms with E-state index in [0.717, 1.165) is 6.07 Å². The Morgan fingerprint density at radius 1 is 1.18 bits per heavy atom. The number of carbonyl (C=O) groups excluding carboxylic acids is 2. The largest absolute Gasteiger partial charge is 0.495 e. The Balaban J connectivity index is 2.05. The second kappa shape index (κ2) is 9.36. The molecule has 0 aliphatic carbocycles. The molecule has 2 aromatic rings. The van der Waals surface area contributed by atoms with Gasteiger partial charge >= 0.3 is 5.97 Å². The van der Waals surface area contributed by atoms with Gasteiger partial charge in [0.15, 0.2) is 6.10 Å². The normalized spacial score (nSPS) is 11.2. The van der Waals surface area contributed by atoms with Crippen molar-refractivity contribution in [3.05, 3.63) is 58.1 Å². The number of esters is 1. The summed E-state index contributed by atoms with van der Waals surface area (Å²) in [4.78, 5) is 34.8. The number of hydrogen-bond donors (Lipinski definition) is 1. The second-order valence-corrected chi connectivity index (χ2v) is 5.64. The molecule has 1 amide bonds. The van der Waals surface area contributed by atoms with Crippen molar-refractivity contribution in [1.82, 2.24) is 0 Å². The highest BCUT2D eigenvalue weighted by molar-refractivity contribution is 5.98. The molecule has 0 spiro atoms. The van der Waals surface area contributed by atoms with Gasteiger partial charge < -0.3 is 19.5 Å². The lowest BCUT2D eigenvalue weighted by Gasteiger charge is -2.15. The Kier molecular flexibility index (Phi) is 6.91. The number of carbonyl (C=O) groups is 2. The fraction of sp³-hybridized carbons (Fsp3) is 0.263. The highest BCUT2D eigenvalue weighted by atomic mass is 16.6. The highest BCUT2D eigenvalue weighted by Crippen LogP contribution is 2.29. The van der Waals surface area contributed by atoms with Gasteiger partial charge in [0.25, 0.3) is 11.6 Å². The molecule has 148 valence electrons. The zero-order chi connectivity index (χ0) is 20.7. The van der Waals surface area contributed by atoms with Crippen molar-refractivity contribution in [2.45, 2.75) is 20.0 Å². The van der Waals surface area contributed by atoms with Crippen LogP contribution in [0.25, 0.3) is 0 Å². The maximum atomic E-state index is 12.3. The molecule has 0 aliphatic heterocycles. The summed E-state index contributed by atoms with van der Waals surface area (Å²) in [5.74, 6) is -0.485. The van der Waals surface area contributed by atoms with Crippen LogP contribution in [0.1, 0.15) is 24.2 Å². The zero-order valence-corrected chi connectivity index (χ0v) is 15.6. The van der Waals surface area contributed by atoms with Crippen molar-refractivity contribution in [1.29, 1.82) is 0 Å². The van der Waals surface area contributed by atoms with E-state index in [1.807, 2.05) is 6.92 Å². The van der Waals surface area contributed by atoms with Crippen LogP contribution in [0, 0.1) is 10.1 Å². The number of non-ortho nitro benzene ring substituents is 1. The molecule has 1 atom stereocenters. The molecule has 0 saturated carbocycles. The molecule has 9 heteroatoms. The first-order valence-corrected chi connectivity index (χ1v) is 8.42.